The Morgan fingerprint density at radius 2 is 1.00 bits per heavy atom. The van der Waals surface area contributed by atoms with Crippen LogP contribution in [0, 0.1) is 10.1 Å². The van der Waals surface area contributed by atoms with Crippen molar-refractivity contribution in [3.8, 4) is 0 Å². The van der Waals surface area contributed by atoms with E-state index >= 15 is 0 Å². The van der Waals surface area contributed by atoms with Crippen LogP contribution in [0.1, 0.15) is 34.0 Å². The molecule has 0 radical (unpaired) electrons. The van der Waals surface area contributed by atoms with E-state index in [1.165, 1.54) is 36.4 Å². The highest BCUT2D eigenvalue weighted by atomic mass is 79.9. The first-order valence-corrected chi connectivity index (χ1v) is 21.4. The van der Waals surface area contributed by atoms with Gasteiger partial charge in [-0.15, -0.1) is 0 Å². The molecule has 0 amide bonds. The fraction of sp³-hybridized carbons (Fsp3) is 0.128. The Morgan fingerprint density at radius 3 is 1.41 bits per heavy atom. The van der Waals surface area contributed by atoms with Crippen LogP contribution in [0.3, 0.4) is 0 Å². The summed E-state index contributed by atoms with van der Waals surface area (Å²) >= 11 is 6.70. The number of halogens is 2. The number of para-hydroxylation sites is 2. The molecule has 0 saturated carbocycles. The van der Waals surface area contributed by atoms with Crippen molar-refractivity contribution in [3.05, 3.63) is 168 Å². The fourth-order valence-electron chi connectivity index (χ4n) is 6.75. The van der Waals surface area contributed by atoms with Crippen LogP contribution in [0.25, 0.3) is 21.8 Å². The van der Waals surface area contributed by atoms with Gasteiger partial charge in [0.05, 0.1) is 20.6 Å². The number of rotatable bonds is 14. The molecule has 276 valence electrons. The van der Waals surface area contributed by atoms with Gasteiger partial charge in [0.2, 0.25) is 20.0 Å². The SMILES string of the molecule is O=[N+]([O-])c1ccc(C(c2[nH]c3ccccc3c2CCNS(=O)(=O)c2ccc(Br)cc2)c2[nH]c3ccccc3c2CCNS(=O)(=O)c2ccc(Br)cc2)cc1. The highest BCUT2D eigenvalue weighted by Gasteiger charge is 2.29. The number of H-pyrrole nitrogens is 2. The first kappa shape index (κ1) is 37.7. The standard InChI is InChI=1S/C39H33Br2N5O6S2/c40-26-11-17-29(18-12-26)53(49,50)42-23-21-33-31-5-1-3-7-35(31)44-38(33)37(25-9-15-28(16-10-25)46(47)48)39-34(32-6-2-4-8-36(32)45-39)22-24-43-54(51,52)30-19-13-27(41)14-20-30/h1-20,37,42-45H,21-24H2. The number of aromatic amines is 2. The van der Waals surface area contributed by atoms with E-state index < -0.39 is 30.9 Å². The second-order valence-corrected chi connectivity index (χ2v) is 18.0. The molecule has 0 fully saturated rings. The van der Waals surface area contributed by atoms with Crippen molar-refractivity contribution in [1.29, 1.82) is 0 Å². The molecule has 0 bridgehead atoms. The van der Waals surface area contributed by atoms with Crippen molar-refractivity contribution in [2.75, 3.05) is 13.1 Å². The van der Waals surface area contributed by atoms with Gasteiger partial charge in [-0.3, -0.25) is 10.1 Å². The number of benzene rings is 5. The van der Waals surface area contributed by atoms with Gasteiger partial charge in [-0.25, -0.2) is 26.3 Å². The zero-order chi connectivity index (χ0) is 38.0. The number of nitro groups is 1. The monoisotopic (exact) mass is 889 g/mol. The molecular weight excluding hydrogens is 858 g/mol. The minimum Gasteiger partial charge on any atom is -0.357 e. The number of sulfonamides is 2. The number of hydrogen-bond acceptors (Lipinski definition) is 6. The molecule has 0 aliphatic carbocycles. The third-order valence-electron chi connectivity index (χ3n) is 9.29. The average molecular weight is 892 g/mol. The van der Waals surface area contributed by atoms with E-state index in [2.05, 4.69) is 51.3 Å². The third kappa shape index (κ3) is 7.92. The molecule has 7 rings (SSSR count). The molecule has 0 unspecified atom stereocenters. The Bertz CT molecular complexity index is 2540. The van der Waals surface area contributed by atoms with Gasteiger partial charge < -0.3 is 9.97 Å². The highest BCUT2D eigenvalue weighted by Crippen LogP contribution is 2.40. The lowest BCUT2D eigenvalue weighted by atomic mass is 9.86. The lowest BCUT2D eigenvalue weighted by Crippen LogP contribution is -2.26. The van der Waals surface area contributed by atoms with Gasteiger partial charge in [0.1, 0.15) is 0 Å². The average Bonchev–Trinajstić information content (AvgIpc) is 3.70. The molecule has 2 heterocycles. The van der Waals surface area contributed by atoms with Gasteiger partial charge in [0.15, 0.2) is 0 Å². The number of nitro benzene ring substituents is 1. The maximum absolute atomic E-state index is 13.3. The maximum atomic E-state index is 13.3. The van der Waals surface area contributed by atoms with Crippen molar-refractivity contribution in [2.45, 2.75) is 28.6 Å². The molecule has 4 N–H and O–H groups in total. The zero-order valence-electron chi connectivity index (χ0n) is 28.4. The van der Waals surface area contributed by atoms with Gasteiger partial charge in [-0.1, -0.05) is 80.4 Å². The summed E-state index contributed by atoms with van der Waals surface area (Å²) in [6.07, 6.45) is 0.641. The Labute approximate surface area is 328 Å². The summed E-state index contributed by atoms with van der Waals surface area (Å²) in [7, 11) is -7.62. The quantitative estimate of drug-likeness (QED) is 0.0633. The van der Waals surface area contributed by atoms with E-state index in [1.807, 2.05) is 48.5 Å². The molecule has 0 atom stereocenters. The van der Waals surface area contributed by atoms with Crippen LogP contribution in [0.5, 0.6) is 0 Å². The lowest BCUT2D eigenvalue weighted by Gasteiger charge is -2.20. The van der Waals surface area contributed by atoms with Crippen LogP contribution in [0.15, 0.2) is 140 Å². The summed E-state index contributed by atoms with van der Waals surface area (Å²) in [5.74, 6) is -0.540. The van der Waals surface area contributed by atoms with Crippen molar-refractivity contribution >= 4 is 79.4 Å². The van der Waals surface area contributed by atoms with Gasteiger partial charge >= 0.3 is 0 Å². The molecule has 15 heteroatoms. The zero-order valence-corrected chi connectivity index (χ0v) is 33.2. The van der Waals surface area contributed by atoms with Crippen LogP contribution < -0.4 is 9.44 Å². The fourth-order valence-corrected chi connectivity index (χ4v) is 9.35. The van der Waals surface area contributed by atoms with Crippen LogP contribution in [0.2, 0.25) is 0 Å². The van der Waals surface area contributed by atoms with E-state index in [0.29, 0.717) is 12.8 Å². The molecule has 11 nitrogen and oxygen atoms in total. The predicted octanol–water partition coefficient (Wildman–Crippen LogP) is 8.30. The summed E-state index contributed by atoms with van der Waals surface area (Å²) in [5, 5.41) is 13.5. The van der Waals surface area contributed by atoms with Crippen molar-refractivity contribution in [1.82, 2.24) is 19.4 Å². The highest BCUT2D eigenvalue weighted by molar-refractivity contribution is 9.10. The molecule has 0 aliphatic rings. The summed E-state index contributed by atoms with van der Waals surface area (Å²) in [4.78, 5) is 18.7. The lowest BCUT2D eigenvalue weighted by molar-refractivity contribution is -0.384. The number of nitrogens with zero attached hydrogens (tertiary/aromatic N) is 1. The van der Waals surface area contributed by atoms with Gasteiger partial charge in [-0.05, 0) is 90.2 Å². The number of fused-ring (bicyclic) bond motifs is 2. The first-order chi connectivity index (χ1) is 25.9. The van der Waals surface area contributed by atoms with Crippen molar-refractivity contribution in [3.63, 3.8) is 0 Å². The Hall–Kier alpha value is -4.64. The molecule has 2 aromatic heterocycles. The summed E-state index contributed by atoms with van der Waals surface area (Å²) < 4.78 is 60.1. The Morgan fingerprint density at radius 1 is 0.593 bits per heavy atom. The Kier molecular flexibility index (Phi) is 10.9. The van der Waals surface area contributed by atoms with E-state index in [4.69, 9.17) is 0 Å². The minimum atomic E-state index is -3.81. The second-order valence-electron chi connectivity index (χ2n) is 12.6. The van der Waals surface area contributed by atoms with Crippen LogP contribution >= 0.6 is 31.9 Å². The summed E-state index contributed by atoms with van der Waals surface area (Å²) in [5.41, 5.74) is 5.64. The topological polar surface area (TPSA) is 167 Å². The second kappa shape index (κ2) is 15.6. The van der Waals surface area contributed by atoms with Crippen LogP contribution in [-0.2, 0) is 32.9 Å². The van der Waals surface area contributed by atoms with E-state index in [9.17, 15) is 26.9 Å². The molecule has 0 saturated heterocycles. The van der Waals surface area contributed by atoms with Crippen LogP contribution in [0.4, 0.5) is 5.69 Å². The first-order valence-electron chi connectivity index (χ1n) is 16.8. The number of nitrogens with one attached hydrogen (secondary N) is 4. The van der Waals surface area contributed by atoms with E-state index in [0.717, 1.165) is 58.8 Å². The number of hydrogen-bond donors (Lipinski definition) is 4. The molecule has 5 aromatic carbocycles. The maximum Gasteiger partial charge on any atom is 0.269 e. The molecule has 0 aliphatic heterocycles. The van der Waals surface area contributed by atoms with E-state index in [1.54, 1.807) is 36.4 Å². The third-order valence-corrected chi connectivity index (χ3v) is 13.3. The molecule has 7 aromatic rings. The van der Waals surface area contributed by atoms with Gasteiger partial charge in [-0.2, -0.15) is 0 Å². The van der Waals surface area contributed by atoms with Crippen molar-refractivity contribution < 1.29 is 21.8 Å². The van der Waals surface area contributed by atoms with E-state index in [-0.39, 0.29) is 28.6 Å². The van der Waals surface area contributed by atoms with Crippen molar-refractivity contribution in [2.24, 2.45) is 0 Å². The molecular formula is C39H33Br2N5O6S2. The number of aromatic nitrogens is 2. The van der Waals surface area contributed by atoms with Gasteiger partial charge in [0.25, 0.3) is 5.69 Å². The number of non-ortho nitro benzene ring substituents is 1. The summed E-state index contributed by atoms with van der Waals surface area (Å²) in [6, 6.07) is 34.7. The van der Waals surface area contributed by atoms with Crippen LogP contribution in [-0.4, -0.2) is 44.8 Å². The minimum absolute atomic E-state index is 0.0593. The van der Waals surface area contributed by atoms with Gasteiger partial charge in [0, 0.05) is 67.4 Å². The molecule has 54 heavy (non-hydrogen) atoms. The predicted molar refractivity (Wildman–Crippen MR) is 217 cm³/mol. The normalized spacial score (nSPS) is 12.2. The smallest absolute Gasteiger partial charge is 0.269 e. The Balaban J connectivity index is 1.31. The molecule has 0 spiro atoms. The largest absolute Gasteiger partial charge is 0.357 e. The summed E-state index contributed by atoms with van der Waals surface area (Å²) in [6.45, 7) is 0.190.